The Morgan fingerprint density at radius 1 is 1.46 bits per heavy atom. The monoisotopic (exact) mass is 242 g/mol. The number of hydrogen-bond acceptors (Lipinski definition) is 1. The van der Waals surface area contributed by atoms with Gasteiger partial charge in [0.2, 0.25) is 0 Å². The van der Waals surface area contributed by atoms with Gasteiger partial charge in [0.05, 0.1) is 0 Å². The van der Waals surface area contributed by atoms with Crippen molar-refractivity contribution in [1.29, 1.82) is 0 Å². The lowest BCUT2D eigenvalue weighted by Gasteiger charge is -1.91. The molecule has 1 atom stereocenters. The summed E-state index contributed by atoms with van der Waals surface area (Å²) in [5.41, 5.74) is 0.717. The van der Waals surface area contributed by atoms with Gasteiger partial charge in [-0.25, -0.2) is 4.39 Å². The lowest BCUT2D eigenvalue weighted by Crippen LogP contribution is -1.77. The van der Waals surface area contributed by atoms with Crippen LogP contribution in [0.3, 0.4) is 0 Å². The van der Waals surface area contributed by atoms with Crippen LogP contribution >= 0.6 is 15.9 Å². The highest BCUT2D eigenvalue weighted by Gasteiger charge is 2.10. The highest BCUT2D eigenvalue weighted by atomic mass is 79.9. The van der Waals surface area contributed by atoms with Crippen LogP contribution in [0.2, 0.25) is 0 Å². The number of alkyl halides is 1. The van der Waals surface area contributed by atoms with Gasteiger partial charge in [-0.15, -0.1) is 0 Å². The summed E-state index contributed by atoms with van der Waals surface area (Å²) in [5, 5.41) is 0.919. The van der Waals surface area contributed by atoms with Gasteiger partial charge in [0.25, 0.3) is 0 Å². The third kappa shape index (κ3) is 1.48. The first kappa shape index (κ1) is 8.75. The third-order valence-corrected chi connectivity index (χ3v) is 2.61. The van der Waals surface area contributed by atoms with Crippen LogP contribution in [-0.4, -0.2) is 0 Å². The largest absolute Gasteiger partial charge is 0.458 e. The van der Waals surface area contributed by atoms with E-state index in [0.29, 0.717) is 11.3 Å². The van der Waals surface area contributed by atoms with Crippen molar-refractivity contribution < 1.29 is 8.81 Å². The van der Waals surface area contributed by atoms with Crippen molar-refractivity contribution in [3.8, 4) is 0 Å². The van der Waals surface area contributed by atoms with E-state index < -0.39 is 6.17 Å². The highest BCUT2D eigenvalue weighted by molar-refractivity contribution is 9.10. The lowest BCUT2D eigenvalue weighted by molar-refractivity contribution is 0.317. The summed E-state index contributed by atoms with van der Waals surface area (Å²) >= 11 is 3.38. The zero-order valence-electron chi connectivity index (χ0n) is 7.05. The zero-order valence-corrected chi connectivity index (χ0v) is 8.64. The van der Waals surface area contributed by atoms with E-state index in [1.54, 1.807) is 6.07 Å². The van der Waals surface area contributed by atoms with Gasteiger partial charge in [-0.05, 0) is 25.1 Å². The maximum atomic E-state index is 12.9. The molecule has 1 aromatic heterocycles. The van der Waals surface area contributed by atoms with Crippen molar-refractivity contribution in [3.63, 3.8) is 0 Å². The normalized spacial score (nSPS) is 13.5. The molecule has 1 unspecified atom stereocenters. The molecule has 0 amide bonds. The fourth-order valence-electron chi connectivity index (χ4n) is 1.24. The molecule has 2 aromatic rings. The Morgan fingerprint density at radius 2 is 2.23 bits per heavy atom. The van der Waals surface area contributed by atoms with E-state index in [0.717, 1.165) is 9.86 Å². The van der Waals surface area contributed by atoms with Gasteiger partial charge in [0, 0.05) is 9.86 Å². The van der Waals surface area contributed by atoms with Crippen molar-refractivity contribution in [2.45, 2.75) is 13.1 Å². The van der Waals surface area contributed by atoms with E-state index in [1.165, 1.54) is 6.92 Å². The Balaban J connectivity index is 2.68. The molecular weight excluding hydrogens is 235 g/mol. The minimum atomic E-state index is -1.06. The van der Waals surface area contributed by atoms with E-state index in [9.17, 15) is 4.39 Å². The molecule has 13 heavy (non-hydrogen) atoms. The number of fused-ring (bicyclic) bond motifs is 1. The zero-order chi connectivity index (χ0) is 9.42. The topological polar surface area (TPSA) is 13.1 Å². The Bertz CT molecular complexity index is 433. The van der Waals surface area contributed by atoms with Gasteiger partial charge in [-0.1, -0.05) is 22.0 Å². The molecule has 68 valence electrons. The SMILES string of the molecule is CC(F)c1cc2c(Br)cccc2o1. The number of benzene rings is 1. The maximum absolute atomic E-state index is 12.9. The quantitative estimate of drug-likeness (QED) is 0.730. The molecule has 0 bridgehead atoms. The van der Waals surface area contributed by atoms with Crippen molar-refractivity contribution in [2.24, 2.45) is 0 Å². The molecular formula is C10H8BrFO. The molecule has 0 spiro atoms. The summed E-state index contributed by atoms with van der Waals surface area (Å²) in [7, 11) is 0. The van der Waals surface area contributed by atoms with E-state index in [4.69, 9.17) is 4.42 Å². The second-order valence-corrected chi connectivity index (χ2v) is 3.77. The first-order chi connectivity index (χ1) is 6.18. The summed E-state index contributed by atoms with van der Waals surface area (Å²) < 4.78 is 19.1. The van der Waals surface area contributed by atoms with Crippen LogP contribution in [0.1, 0.15) is 18.9 Å². The first-order valence-corrected chi connectivity index (χ1v) is 4.80. The number of furan rings is 1. The van der Waals surface area contributed by atoms with Gasteiger partial charge in [-0.3, -0.25) is 0 Å². The number of halogens is 2. The van der Waals surface area contributed by atoms with Crippen molar-refractivity contribution in [2.75, 3.05) is 0 Å². The first-order valence-electron chi connectivity index (χ1n) is 4.00. The highest BCUT2D eigenvalue weighted by Crippen LogP contribution is 2.30. The molecule has 1 aromatic carbocycles. The average Bonchev–Trinajstić information content (AvgIpc) is 2.49. The van der Waals surface area contributed by atoms with E-state index >= 15 is 0 Å². The standard InChI is InChI=1S/C10H8BrFO/c1-6(12)10-5-7-8(11)3-2-4-9(7)13-10/h2-6H,1H3. The molecule has 0 fully saturated rings. The lowest BCUT2D eigenvalue weighted by atomic mass is 10.2. The van der Waals surface area contributed by atoms with Crippen LogP contribution in [0.4, 0.5) is 4.39 Å². The maximum Gasteiger partial charge on any atom is 0.155 e. The van der Waals surface area contributed by atoms with Gasteiger partial charge in [0.15, 0.2) is 6.17 Å². The van der Waals surface area contributed by atoms with E-state index in [-0.39, 0.29) is 0 Å². The molecule has 0 aliphatic heterocycles. The van der Waals surface area contributed by atoms with Crippen LogP contribution in [0.15, 0.2) is 33.2 Å². The molecule has 0 aliphatic carbocycles. The smallest absolute Gasteiger partial charge is 0.155 e. The van der Waals surface area contributed by atoms with Crippen molar-refractivity contribution in [3.05, 3.63) is 34.5 Å². The molecule has 3 heteroatoms. The van der Waals surface area contributed by atoms with Gasteiger partial charge >= 0.3 is 0 Å². The molecule has 2 rings (SSSR count). The summed E-state index contributed by atoms with van der Waals surface area (Å²) in [6, 6.07) is 7.32. The van der Waals surface area contributed by atoms with Crippen LogP contribution < -0.4 is 0 Å². The number of hydrogen-bond donors (Lipinski definition) is 0. The molecule has 0 N–H and O–H groups in total. The molecule has 0 aliphatic rings. The van der Waals surface area contributed by atoms with Crippen molar-refractivity contribution >= 4 is 26.9 Å². The minimum absolute atomic E-state index is 0.377. The molecule has 1 heterocycles. The molecule has 0 saturated carbocycles. The van der Waals surface area contributed by atoms with Gasteiger partial charge in [0.1, 0.15) is 11.3 Å². The van der Waals surface area contributed by atoms with Gasteiger partial charge in [-0.2, -0.15) is 0 Å². The van der Waals surface area contributed by atoms with E-state index in [1.807, 2.05) is 18.2 Å². The Labute approximate surface area is 83.7 Å². The fraction of sp³-hybridized carbons (Fsp3) is 0.200. The fourth-order valence-corrected chi connectivity index (χ4v) is 1.70. The Kier molecular flexibility index (Phi) is 2.12. The third-order valence-electron chi connectivity index (χ3n) is 1.92. The van der Waals surface area contributed by atoms with Crippen molar-refractivity contribution in [1.82, 2.24) is 0 Å². The van der Waals surface area contributed by atoms with Crippen LogP contribution in [0.25, 0.3) is 11.0 Å². The molecule has 0 radical (unpaired) electrons. The number of rotatable bonds is 1. The second kappa shape index (κ2) is 3.14. The van der Waals surface area contributed by atoms with E-state index in [2.05, 4.69) is 15.9 Å². The van der Waals surface area contributed by atoms with Crippen LogP contribution in [0.5, 0.6) is 0 Å². The minimum Gasteiger partial charge on any atom is -0.458 e. The molecule has 0 saturated heterocycles. The predicted octanol–water partition coefficient (Wildman–Crippen LogP) is 4.23. The summed E-state index contributed by atoms with van der Waals surface area (Å²) in [5.74, 6) is 0.377. The Hall–Kier alpha value is -0.830. The average molecular weight is 243 g/mol. The second-order valence-electron chi connectivity index (χ2n) is 2.92. The summed E-state index contributed by atoms with van der Waals surface area (Å²) in [4.78, 5) is 0. The summed E-state index contributed by atoms with van der Waals surface area (Å²) in [6.07, 6.45) is -1.06. The van der Waals surface area contributed by atoms with Crippen LogP contribution in [0, 0.1) is 0 Å². The summed E-state index contributed by atoms with van der Waals surface area (Å²) in [6.45, 7) is 1.46. The molecule has 1 nitrogen and oxygen atoms in total. The Morgan fingerprint density at radius 3 is 2.85 bits per heavy atom. The van der Waals surface area contributed by atoms with Gasteiger partial charge < -0.3 is 4.42 Å². The van der Waals surface area contributed by atoms with Crippen LogP contribution in [-0.2, 0) is 0 Å². The predicted molar refractivity (Wildman–Crippen MR) is 53.4 cm³/mol.